The summed E-state index contributed by atoms with van der Waals surface area (Å²) < 4.78 is 0. The smallest absolute Gasteiger partial charge is 0.190 e. The van der Waals surface area contributed by atoms with E-state index in [1.807, 2.05) is 7.05 Å². The van der Waals surface area contributed by atoms with E-state index in [1.54, 1.807) is 0 Å². The van der Waals surface area contributed by atoms with Gasteiger partial charge in [-0.2, -0.15) is 0 Å². The SMILES string of the molecule is CN=C(NCCc1c(C)[nH]c2ccccc12)NCC(C)C.I. The van der Waals surface area contributed by atoms with Gasteiger partial charge in [0, 0.05) is 36.7 Å². The third-order valence-electron chi connectivity index (χ3n) is 3.60. The van der Waals surface area contributed by atoms with Crippen molar-refractivity contribution in [2.45, 2.75) is 27.2 Å². The molecule has 4 nitrogen and oxygen atoms in total. The summed E-state index contributed by atoms with van der Waals surface area (Å²) in [6.07, 6.45) is 0.984. The fourth-order valence-electron chi connectivity index (χ4n) is 2.48. The number of nitrogens with zero attached hydrogens (tertiary/aromatic N) is 1. The standard InChI is InChI=1S/C17H26N4.HI/c1-12(2)11-20-17(18-4)19-10-9-14-13(3)21-16-8-6-5-7-15(14)16;/h5-8,12,21H,9-11H2,1-4H3,(H2,18,19,20);1H. The highest BCUT2D eigenvalue weighted by Gasteiger charge is 2.07. The number of aryl methyl sites for hydroxylation is 1. The van der Waals surface area contributed by atoms with Crippen LogP contribution in [0.2, 0.25) is 0 Å². The Morgan fingerprint density at radius 3 is 2.64 bits per heavy atom. The van der Waals surface area contributed by atoms with Crippen LogP contribution >= 0.6 is 24.0 Å². The lowest BCUT2D eigenvalue weighted by atomic mass is 10.1. The van der Waals surface area contributed by atoms with Crippen molar-refractivity contribution in [1.29, 1.82) is 0 Å². The lowest BCUT2D eigenvalue weighted by molar-refractivity contribution is 0.614. The van der Waals surface area contributed by atoms with Crippen molar-refractivity contribution in [2.75, 3.05) is 20.1 Å². The first-order valence-corrected chi connectivity index (χ1v) is 7.62. The lowest BCUT2D eigenvalue weighted by Gasteiger charge is -2.13. The molecule has 0 aliphatic rings. The first kappa shape index (κ1) is 18.8. The normalized spacial score (nSPS) is 11.6. The van der Waals surface area contributed by atoms with Crippen LogP contribution in [-0.2, 0) is 6.42 Å². The molecule has 1 aromatic heterocycles. The van der Waals surface area contributed by atoms with Crippen LogP contribution in [0.4, 0.5) is 0 Å². The molecule has 0 aliphatic carbocycles. The Hall–Kier alpha value is -1.24. The van der Waals surface area contributed by atoms with Crippen molar-refractivity contribution < 1.29 is 0 Å². The second-order valence-electron chi connectivity index (χ2n) is 5.80. The predicted octanol–water partition coefficient (Wildman–Crippen LogP) is 3.46. The topological polar surface area (TPSA) is 52.2 Å². The molecule has 2 rings (SSSR count). The number of rotatable bonds is 5. The summed E-state index contributed by atoms with van der Waals surface area (Å²) in [4.78, 5) is 7.70. The summed E-state index contributed by atoms with van der Waals surface area (Å²) in [5.74, 6) is 1.49. The summed E-state index contributed by atoms with van der Waals surface area (Å²) in [5, 5.41) is 8.03. The molecule has 1 aromatic carbocycles. The third-order valence-corrected chi connectivity index (χ3v) is 3.60. The minimum absolute atomic E-state index is 0. The number of H-pyrrole nitrogens is 1. The zero-order valence-electron chi connectivity index (χ0n) is 13.9. The number of halogens is 1. The van der Waals surface area contributed by atoms with Crippen LogP contribution in [0, 0.1) is 12.8 Å². The molecule has 0 saturated heterocycles. The Kier molecular flexibility index (Phi) is 7.72. The van der Waals surface area contributed by atoms with E-state index >= 15 is 0 Å². The molecule has 5 heteroatoms. The van der Waals surface area contributed by atoms with Gasteiger partial charge in [-0.25, -0.2) is 0 Å². The van der Waals surface area contributed by atoms with Crippen molar-refractivity contribution >= 4 is 40.8 Å². The molecule has 2 aromatic rings. The zero-order chi connectivity index (χ0) is 15.2. The van der Waals surface area contributed by atoms with Gasteiger partial charge in [0.15, 0.2) is 5.96 Å². The summed E-state index contributed by atoms with van der Waals surface area (Å²) >= 11 is 0. The van der Waals surface area contributed by atoms with Crippen LogP contribution in [0.15, 0.2) is 29.3 Å². The molecule has 0 unspecified atom stereocenters. The minimum atomic E-state index is 0. The first-order chi connectivity index (χ1) is 10.1. The Morgan fingerprint density at radius 1 is 1.23 bits per heavy atom. The number of nitrogens with one attached hydrogen (secondary N) is 3. The monoisotopic (exact) mass is 414 g/mol. The molecule has 0 amide bonds. The average molecular weight is 414 g/mol. The molecule has 3 N–H and O–H groups in total. The van der Waals surface area contributed by atoms with Crippen LogP contribution in [0.1, 0.15) is 25.1 Å². The van der Waals surface area contributed by atoms with E-state index < -0.39 is 0 Å². The molecule has 0 radical (unpaired) electrons. The maximum Gasteiger partial charge on any atom is 0.190 e. The summed E-state index contributed by atoms with van der Waals surface area (Å²) in [7, 11) is 1.81. The largest absolute Gasteiger partial charge is 0.358 e. The quantitative estimate of drug-likeness (QED) is 0.399. The minimum Gasteiger partial charge on any atom is -0.358 e. The van der Waals surface area contributed by atoms with Crippen LogP contribution in [0.3, 0.4) is 0 Å². The van der Waals surface area contributed by atoms with E-state index in [4.69, 9.17) is 0 Å². The molecule has 22 heavy (non-hydrogen) atoms. The van der Waals surface area contributed by atoms with Gasteiger partial charge in [0.2, 0.25) is 0 Å². The molecular weight excluding hydrogens is 387 g/mol. The van der Waals surface area contributed by atoms with Gasteiger partial charge in [-0.1, -0.05) is 32.0 Å². The van der Waals surface area contributed by atoms with Gasteiger partial charge in [-0.3, -0.25) is 4.99 Å². The number of hydrogen-bond acceptors (Lipinski definition) is 1. The number of aromatic nitrogens is 1. The lowest BCUT2D eigenvalue weighted by Crippen LogP contribution is -2.39. The number of para-hydroxylation sites is 1. The predicted molar refractivity (Wildman–Crippen MR) is 106 cm³/mol. The fourth-order valence-corrected chi connectivity index (χ4v) is 2.48. The number of aromatic amines is 1. The van der Waals surface area contributed by atoms with E-state index in [-0.39, 0.29) is 24.0 Å². The van der Waals surface area contributed by atoms with Gasteiger partial charge in [-0.15, -0.1) is 24.0 Å². The second kappa shape index (κ2) is 9.02. The maximum atomic E-state index is 4.25. The van der Waals surface area contributed by atoms with E-state index in [9.17, 15) is 0 Å². The highest BCUT2D eigenvalue weighted by Crippen LogP contribution is 2.21. The van der Waals surface area contributed by atoms with Crippen LogP contribution in [-0.4, -0.2) is 31.1 Å². The Bertz CT molecular complexity index is 616. The Morgan fingerprint density at radius 2 is 1.95 bits per heavy atom. The molecule has 0 spiro atoms. The molecule has 0 atom stereocenters. The van der Waals surface area contributed by atoms with Crippen molar-refractivity contribution in [1.82, 2.24) is 15.6 Å². The fraction of sp³-hybridized carbons (Fsp3) is 0.471. The van der Waals surface area contributed by atoms with Gasteiger partial charge in [0.25, 0.3) is 0 Å². The Balaban J connectivity index is 0.00000242. The van der Waals surface area contributed by atoms with E-state index in [1.165, 1.54) is 22.2 Å². The Labute approximate surface area is 150 Å². The second-order valence-corrected chi connectivity index (χ2v) is 5.80. The number of guanidine groups is 1. The van der Waals surface area contributed by atoms with Crippen LogP contribution < -0.4 is 10.6 Å². The number of hydrogen-bond donors (Lipinski definition) is 3. The first-order valence-electron chi connectivity index (χ1n) is 7.62. The van der Waals surface area contributed by atoms with Crippen molar-refractivity contribution in [3.05, 3.63) is 35.5 Å². The van der Waals surface area contributed by atoms with Crippen LogP contribution in [0.25, 0.3) is 10.9 Å². The molecule has 0 saturated carbocycles. The number of aliphatic imine (C=N–C) groups is 1. The van der Waals surface area contributed by atoms with Gasteiger partial charge in [0.05, 0.1) is 0 Å². The third kappa shape index (κ3) is 4.90. The highest BCUT2D eigenvalue weighted by molar-refractivity contribution is 14.0. The molecule has 0 aliphatic heterocycles. The molecule has 0 bridgehead atoms. The van der Waals surface area contributed by atoms with Gasteiger partial charge < -0.3 is 15.6 Å². The maximum absolute atomic E-state index is 4.25. The van der Waals surface area contributed by atoms with Crippen molar-refractivity contribution in [3.63, 3.8) is 0 Å². The van der Waals surface area contributed by atoms with Crippen molar-refractivity contribution in [3.8, 4) is 0 Å². The number of fused-ring (bicyclic) bond motifs is 1. The molecular formula is C17H27IN4. The van der Waals surface area contributed by atoms with E-state index in [0.29, 0.717) is 5.92 Å². The number of benzene rings is 1. The molecule has 0 fully saturated rings. The van der Waals surface area contributed by atoms with Crippen LogP contribution in [0.5, 0.6) is 0 Å². The highest BCUT2D eigenvalue weighted by atomic mass is 127. The average Bonchev–Trinajstić information content (AvgIpc) is 2.78. The molecule has 122 valence electrons. The molecule has 1 heterocycles. The van der Waals surface area contributed by atoms with Crippen molar-refractivity contribution in [2.24, 2.45) is 10.9 Å². The van der Waals surface area contributed by atoms with E-state index in [0.717, 1.165) is 25.5 Å². The van der Waals surface area contributed by atoms with Gasteiger partial charge in [0.1, 0.15) is 0 Å². The van der Waals surface area contributed by atoms with Gasteiger partial charge >= 0.3 is 0 Å². The summed E-state index contributed by atoms with van der Waals surface area (Å²) in [6.45, 7) is 8.33. The summed E-state index contributed by atoms with van der Waals surface area (Å²) in [6, 6.07) is 8.47. The summed E-state index contributed by atoms with van der Waals surface area (Å²) in [5.41, 5.74) is 3.85. The van der Waals surface area contributed by atoms with Gasteiger partial charge in [-0.05, 0) is 30.9 Å². The van der Waals surface area contributed by atoms with E-state index in [2.05, 4.69) is 65.6 Å². The zero-order valence-corrected chi connectivity index (χ0v) is 16.2.